The molecule has 0 saturated heterocycles. The van der Waals surface area contributed by atoms with E-state index < -0.39 is 28.6 Å². The number of hydrogen-bond donors (Lipinski definition) is 1. The third kappa shape index (κ3) is 8.83. The van der Waals surface area contributed by atoms with E-state index in [1.54, 1.807) is 34.6 Å². The lowest BCUT2D eigenvalue weighted by Gasteiger charge is -2.27. The van der Waals surface area contributed by atoms with Crippen molar-refractivity contribution in [1.29, 1.82) is 0 Å². The zero-order chi connectivity index (χ0) is 24.8. The molecule has 0 bridgehead atoms. The van der Waals surface area contributed by atoms with Gasteiger partial charge in [0.25, 0.3) is 11.5 Å². The molecule has 1 aliphatic heterocycles. The Bertz CT molecular complexity index is 737. The van der Waals surface area contributed by atoms with Crippen molar-refractivity contribution in [2.75, 3.05) is 0 Å². The Morgan fingerprint density at radius 1 is 1.12 bits per heavy atom. The Kier molecular flexibility index (Phi) is 9.64. The average Bonchev–Trinajstić information content (AvgIpc) is 2.92. The molecule has 0 aromatic carbocycles. The van der Waals surface area contributed by atoms with Crippen LogP contribution in [0.2, 0.25) is 0 Å². The molecule has 1 fully saturated rings. The lowest BCUT2D eigenvalue weighted by Crippen LogP contribution is -2.48. The van der Waals surface area contributed by atoms with E-state index in [-0.39, 0.29) is 17.1 Å². The summed E-state index contributed by atoms with van der Waals surface area (Å²) in [5.41, 5.74) is -0.632. The highest BCUT2D eigenvalue weighted by Gasteiger charge is 2.43. The number of hydrogen-bond acceptors (Lipinski definition) is 7. The van der Waals surface area contributed by atoms with Gasteiger partial charge in [0.1, 0.15) is 10.3 Å². The fraction of sp³-hybridized carbons (Fsp3) is 0.833. The van der Waals surface area contributed by atoms with Gasteiger partial charge in [0.15, 0.2) is 5.78 Å². The monoisotopic (exact) mass is 483 g/mol. The van der Waals surface area contributed by atoms with Gasteiger partial charge in [-0.05, 0) is 71.6 Å². The predicted octanol–water partition coefficient (Wildman–Crippen LogP) is 5.21. The summed E-state index contributed by atoms with van der Waals surface area (Å²) in [5, 5.41) is 8.58. The maximum atomic E-state index is 13.1. The molecular weight excluding hydrogens is 442 g/mol. The fourth-order valence-electron chi connectivity index (χ4n) is 3.59. The fourth-order valence-corrected chi connectivity index (χ4v) is 4.42. The number of ketones is 1. The SMILES string of the molecule is CC(C)CCC(=O)C1OC(SC(C)(C)C(=O)OC(C)(C)C)=NN1C(=O)NC1CCCCCC1. The first kappa shape index (κ1) is 27.5. The number of rotatable bonds is 7. The van der Waals surface area contributed by atoms with Crippen molar-refractivity contribution < 1.29 is 23.9 Å². The Labute approximate surface area is 202 Å². The van der Waals surface area contributed by atoms with E-state index in [1.807, 2.05) is 13.8 Å². The first-order valence-electron chi connectivity index (χ1n) is 12.1. The zero-order valence-corrected chi connectivity index (χ0v) is 22.0. The molecule has 2 rings (SSSR count). The van der Waals surface area contributed by atoms with Crippen LogP contribution in [0.3, 0.4) is 0 Å². The molecule has 2 aliphatic rings. The first-order chi connectivity index (χ1) is 15.3. The van der Waals surface area contributed by atoms with Crippen LogP contribution in [0.4, 0.5) is 4.79 Å². The molecule has 0 spiro atoms. The van der Waals surface area contributed by atoms with E-state index in [4.69, 9.17) is 9.47 Å². The highest BCUT2D eigenvalue weighted by molar-refractivity contribution is 8.15. The number of amides is 2. The summed E-state index contributed by atoms with van der Waals surface area (Å²) in [4.78, 5) is 38.7. The number of hydrazone groups is 1. The first-order valence-corrected chi connectivity index (χ1v) is 12.9. The van der Waals surface area contributed by atoms with Crippen LogP contribution in [0, 0.1) is 5.92 Å². The van der Waals surface area contributed by atoms with E-state index in [0.717, 1.165) is 42.5 Å². The van der Waals surface area contributed by atoms with Crippen LogP contribution in [-0.2, 0) is 19.1 Å². The highest BCUT2D eigenvalue weighted by Crippen LogP contribution is 2.33. The van der Waals surface area contributed by atoms with Crippen LogP contribution >= 0.6 is 11.8 Å². The number of esters is 1. The zero-order valence-electron chi connectivity index (χ0n) is 21.2. The van der Waals surface area contributed by atoms with Crippen molar-refractivity contribution >= 4 is 34.8 Å². The van der Waals surface area contributed by atoms with Gasteiger partial charge in [-0.15, -0.1) is 5.10 Å². The van der Waals surface area contributed by atoms with E-state index in [0.29, 0.717) is 18.8 Å². The average molecular weight is 484 g/mol. The number of urea groups is 1. The van der Waals surface area contributed by atoms with Gasteiger partial charge in [-0.1, -0.05) is 39.5 Å². The molecule has 1 aliphatic carbocycles. The molecule has 33 heavy (non-hydrogen) atoms. The number of carbonyl (C=O) groups excluding carboxylic acids is 3. The molecule has 1 N–H and O–H groups in total. The molecule has 8 nitrogen and oxygen atoms in total. The maximum absolute atomic E-state index is 13.1. The van der Waals surface area contributed by atoms with Crippen LogP contribution in [0.1, 0.15) is 99.8 Å². The lowest BCUT2D eigenvalue weighted by molar-refractivity contribution is -0.156. The topological polar surface area (TPSA) is 97.3 Å². The van der Waals surface area contributed by atoms with Crippen LogP contribution in [0.5, 0.6) is 0 Å². The third-order valence-corrected chi connectivity index (χ3v) is 6.52. The van der Waals surface area contributed by atoms with Crippen molar-refractivity contribution in [3.8, 4) is 0 Å². The standard InChI is InChI=1S/C24H41N3O5S/c1-16(2)14-15-18(28)19-27(21(30)25-17-12-10-8-9-11-13-17)26-22(31-19)33-24(6,7)20(29)32-23(3,4)5/h16-17,19H,8-15H2,1-7H3,(H,25,30). The molecule has 1 atom stereocenters. The lowest BCUT2D eigenvalue weighted by atomic mass is 10.1. The molecule has 1 unspecified atom stereocenters. The molecule has 1 heterocycles. The van der Waals surface area contributed by atoms with Gasteiger partial charge in [-0.25, -0.2) is 4.79 Å². The second kappa shape index (κ2) is 11.6. The molecule has 2 amide bonds. The van der Waals surface area contributed by atoms with Gasteiger partial charge >= 0.3 is 12.0 Å². The van der Waals surface area contributed by atoms with Gasteiger partial charge in [0.05, 0.1) is 0 Å². The van der Waals surface area contributed by atoms with E-state index in [2.05, 4.69) is 10.4 Å². The second-order valence-corrected chi connectivity index (χ2v) is 12.4. The molecule has 188 valence electrons. The Balaban J connectivity index is 2.15. The summed E-state index contributed by atoms with van der Waals surface area (Å²) in [5.74, 6) is -0.269. The van der Waals surface area contributed by atoms with Gasteiger partial charge in [0.2, 0.25) is 0 Å². The summed E-state index contributed by atoms with van der Waals surface area (Å²) in [6.07, 6.45) is 6.21. The molecular formula is C24H41N3O5S. The van der Waals surface area contributed by atoms with Crippen LogP contribution in [0.25, 0.3) is 0 Å². The Morgan fingerprint density at radius 2 is 1.73 bits per heavy atom. The van der Waals surface area contributed by atoms with E-state index >= 15 is 0 Å². The Hall–Kier alpha value is -1.77. The van der Waals surface area contributed by atoms with Gasteiger partial charge in [-0.2, -0.15) is 5.01 Å². The predicted molar refractivity (Wildman–Crippen MR) is 131 cm³/mol. The minimum atomic E-state index is -1.12. The summed E-state index contributed by atoms with van der Waals surface area (Å²) in [7, 11) is 0. The van der Waals surface area contributed by atoms with Gasteiger partial charge < -0.3 is 14.8 Å². The van der Waals surface area contributed by atoms with Crippen molar-refractivity contribution in [3.05, 3.63) is 0 Å². The van der Waals surface area contributed by atoms with Crippen LogP contribution < -0.4 is 5.32 Å². The molecule has 0 aromatic rings. The molecule has 0 radical (unpaired) electrons. The number of carbonyl (C=O) groups is 3. The summed E-state index contributed by atoms with van der Waals surface area (Å²) in [6.45, 7) is 12.9. The number of thioether (sulfide) groups is 1. The summed E-state index contributed by atoms with van der Waals surface area (Å²) in [6, 6.07) is -0.369. The molecule has 9 heteroatoms. The molecule has 0 aromatic heterocycles. The van der Waals surface area contributed by atoms with Crippen molar-refractivity contribution in [1.82, 2.24) is 10.3 Å². The third-order valence-electron chi connectivity index (χ3n) is 5.49. The number of nitrogens with one attached hydrogen (secondary N) is 1. The number of nitrogens with zero attached hydrogens (tertiary/aromatic N) is 2. The number of ether oxygens (including phenoxy) is 2. The largest absolute Gasteiger partial charge is 0.459 e. The van der Waals surface area contributed by atoms with Crippen LogP contribution in [-0.4, -0.2) is 50.6 Å². The number of Topliss-reactive ketones (excluding diaryl/α,β-unsaturated/α-hetero) is 1. The van der Waals surface area contributed by atoms with Crippen LogP contribution in [0.15, 0.2) is 5.10 Å². The maximum Gasteiger partial charge on any atom is 0.341 e. The Morgan fingerprint density at radius 3 is 2.27 bits per heavy atom. The van der Waals surface area contributed by atoms with Gasteiger partial charge in [-0.3, -0.25) is 9.59 Å². The quantitative estimate of drug-likeness (QED) is 0.394. The molecule has 1 saturated carbocycles. The minimum Gasteiger partial charge on any atom is -0.459 e. The highest BCUT2D eigenvalue weighted by atomic mass is 32.2. The summed E-state index contributed by atoms with van der Waals surface area (Å²) >= 11 is 1.05. The van der Waals surface area contributed by atoms with Crippen molar-refractivity contribution in [2.24, 2.45) is 11.0 Å². The minimum absolute atomic E-state index is 0.0662. The van der Waals surface area contributed by atoms with E-state index in [1.165, 1.54) is 12.8 Å². The second-order valence-electron chi connectivity index (χ2n) is 10.8. The van der Waals surface area contributed by atoms with Crippen molar-refractivity contribution in [2.45, 2.75) is 122 Å². The van der Waals surface area contributed by atoms with E-state index in [9.17, 15) is 14.4 Å². The smallest absolute Gasteiger partial charge is 0.341 e. The summed E-state index contributed by atoms with van der Waals surface area (Å²) < 4.78 is 10.3. The normalized spacial score (nSPS) is 20.2. The van der Waals surface area contributed by atoms with Crippen molar-refractivity contribution in [3.63, 3.8) is 0 Å². The van der Waals surface area contributed by atoms with Gasteiger partial charge in [0, 0.05) is 12.5 Å².